The fourth-order valence-corrected chi connectivity index (χ4v) is 4.60. The van der Waals surface area contributed by atoms with Crippen molar-refractivity contribution in [1.82, 2.24) is 20.4 Å². The molecular weight excluding hydrogens is 390 g/mol. The number of anilines is 2. The molecule has 2 aromatic heterocycles. The Kier molecular flexibility index (Phi) is 5.40. The fourth-order valence-electron chi connectivity index (χ4n) is 2.65. The minimum atomic E-state index is -0.0224. The molecule has 0 aliphatic heterocycles. The van der Waals surface area contributed by atoms with Crippen LogP contribution in [0.4, 0.5) is 10.8 Å². The van der Waals surface area contributed by atoms with Crippen LogP contribution in [-0.2, 0) is 0 Å². The summed E-state index contributed by atoms with van der Waals surface area (Å²) in [6.45, 7) is 6.12. The molecule has 0 saturated carbocycles. The molecule has 1 unspecified atom stereocenters. The van der Waals surface area contributed by atoms with E-state index in [9.17, 15) is 0 Å². The molecule has 0 saturated heterocycles. The first-order valence-electron chi connectivity index (χ1n) is 8.81. The average Bonchev–Trinajstić information content (AvgIpc) is 3.32. The molecule has 0 radical (unpaired) electrons. The summed E-state index contributed by atoms with van der Waals surface area (Å²) in [4.78, 5) is 0. The van der Waals surface area contributed by atoms with Crippen molar-refractivity contribution in [3.63, 3.8) is 0 Å². The monoisotopic (exact) mass is 409 g/mol. The minimum absolute atomic E-state index is 0.0224. The lowest BCUT2D eigenvalue weighted by Gasteiger charge is -2.03. The summed E-state index contributed by atoms with van der Waals surface area (Å²) in [6, 6.07) is 16.2. The van der Waals surface area contributed by atoms with Gasteiger partial charge in [0.2, 0.25) is 16.9 Å². The molecule has 2 heterocycles. The molecule has 0 bridgehead atoms. The number of thioether (sulfide) groups is 1. The second kappa shape index (κ2) is 8.12. The van der Waals surface area contributed by atoms with Crippen LogP contribution in [0.25, 0.3) is 11.5 Å². The normalized spacial score (nSPS) is 12.1. The highest BCUT2D eigenvalue weighted by molar-refractivity contribution is 8.01. The molecule has 0 aliphatic rings. The Morgan fingerprint density at radius 1 is 0.964 bits per heavy atom. The van der Waals surface area contributed by atoms with E-state index in [0.29, 0.717) is 11.8 Å². The Hall–Kier alpha value is -2.71. The van der Waals surface area contributed by atoms with Gasteiger partial charge in [0.05, 0.1) is 5.25 Å². The van der Waals surface area contributed by atoms with E-state index in [0.717, 1.165) is 26.3 Å². The highest BCUT2D eigenvalue weighted by Gasteiger charge is 2.18. The van der Waals surface area contributed by atoms with E-state index in [1.165, 1.54) is 16.9 Å². The van der Waals surface area contributed by atoms with Gasteiger partial charge >= 0.3 is 0 Å². The molecule has 1 atom stereocenters. The minimum Gasteiger partial charge on any atom is -0.419 e. The molecule has 1 N–H and O–H groups in total. The van der Waals surface area contributed by atoms with Crippen molar-refractivity contribution < 1.29 is 4.42 Å². The van der Waals surface area contributed by atoms with E-state index in [-0.39, 0.29) is 5.25 Å². The van der Waals surface area contributed by atoms with Crippen LogP contribution in [0.2, 0.25) is 0 Å². The van der Waals surface area contributed by atoms with Gasteiger partial charge in [-0.1, -0.05) is 52.9 Å². The Morgan fingerprint density at radius 3 is 2.54 bits per heavy atom. The average molecular weight is 410 g/mol. The van der Waals surface area contributed by atoms with Crippen LogP contribution >= 0.6 is 23.1 Å². The molecule has 2 aromatic carbocycles. The third-order valence-electron chi connectivity index (χ3n) is 4.01. The SMILES string of the molecule is Cc1cccc(Nc2nnc(SC(C)c3nnc(-c4cccc(C)c4)o3)s2)c1. The lowest BCUT2D eigenvalue weighted by molar-refractivity contribution is 0.509. The Morgan fingerprint density at radius 2 is 1.75 bits per heavy atom. The number of aryl methyl sites for hydroxylation is 2. The van der Waals surface area contributed by atoms with Crippen molar-refractivity contribution in [2.45, 2.75) is 30.4 Å². The predicted molar refractivity (Wildman–Crippen MR) is 113 cm³/mol. The predicted octanol–water partition coefficient (Wildman–Crippen LogP) is 5.80. The molecule has 0 spiro atoms. The fraction of sp³-hybridized carbons (Fsp3) is 0.200. The topological polar surface area (TPSA) is 76.7 Å². The van der Waals surface area contributed by atoms with E-state index >= 15 is 0 Å². The number of rotatable bonds is 6. The zero-order chi connectivity index (χ0) is 19.5. The summed E-state index contributed by atoms with van der Waals surface area (Å²) >= 11 is 3.05. The summed E-state index contributed by atoms with van der Waals surface area (Å²) in [6.07, 6.45) is 0. The Balaban J connectivity index is 1.43. The van der Waals surface area contributed by atoms with Crippen LogP contribution in [-0.4, -0.2) is 20.4 Å². The largest absolute Gasteiger partial charge is 0.419 e. The maximum Gasteiger partial charge on any atom is 0.247 e. The summed E-state index contributed by atoms with van der Waals surface area (Å²) in [5, 5.41) is 20.9. The highest BCUT2D eigenvalue weighted by atomic mass is 32.2. The number of aromatic nitrogens is 4. The first kappa shape index (κ1) is 18.6. The van der Waals surface area contributed by atoms with Crippen molar-refractivity contribution in [2.75, 3.05) is 5.32 Å². The Bertz CT molecular complexity index is 1090. The molecule has 6 nitrogen and oxygen atoms in total. The molecule has 4 aromatic rings. The van der Waals surface area contributed by atoms with Crippen LogP contribution in [0.15, 0.2) is 57.3 Å². The maximum absolute atomic E-state index is 5.87. The van der Waals surface area contributed by atoms with E-state index in [1.54, 1.807) is 11.8 Å². The lowest BCUT2D eigenvalue weighted by Crippen LogP contribution is -1.89. The van der Waals surface area contributed by atoms with E-state index < -0.39 is 0 Å². The van der Waals surface area contributed by atoms with Gasteiger partial charge in [0.1, 0.15) is 0 Å². The van der Waals surface area contributed by atoms with Crippen molar-refractivity contribution in [1.29, 1.82) is 0 Å². The summed E-state index contributed by atoms with van der Waals surface area (Å²) < 4.78 is 6.72. The van der Waals surface area contributed by atoms with Crippen molar-refractivity contribution in [3.8, 4) is 11.5 Å². The summed E-state index contributed by atoms with van der Waals surface area (Å²) in [5.41, 5.74) is 4.28. The van der Waals surface area contributed by atoms with Crippen molar-refractivity contribution in [2.24, 2.45) is 0 Å². The molecule has 0 fully saturated rings. The molecule has 0 aliphatic carbocycles. The molecule has 0 amide bonds. The Labute approximate surface area is 171 Å². The van der Waals surface area contributed by atoms with Crippen LogP contribution in [0.1, 0.15) is 29.2 Å². The molecule has 4 rings (SSSR count). The first-order chi connectivity index (χ1) is 13.6. The van der Waals surface area contributed by atoms with Gasteiger partial charge in [-0.15, -0.1) is 20.4 Å². The van der Waals surface area contributed by atoms with Gasteiger partial charge in [0.25, 0.3) is 0 Å². The third kappa shape index (κ3) is 4.40. The van der Waals surface area contributed by atoms with Gasteiger partial charge in [0.15, 0.2) is 4.34 Å². The summed E-state index contributed by atoms with van der Waals surface area (Å²) in [5.74, 6) is 1.11. The molecule has 142 valence electrons. The van der Waals surface area contributed by atoms with Gasteiger partial charge in [-0.3, -0.25) is 0 Å². The quantitative estimate of drug-likeness (QED) is 0.403. The number of hydrogen-bond acceptors (Lipinski definition) is 8. The van der Waals surface area contributed by atoms with Crippen LogP contribution in [0, 0.1) is 13.8 Å². The summed E-state index contributed by atoms with van der Waals surface area (Å²) in [7, 11) is 0. The van der Waals surface area contributed by atoms with Gasteiger partial charge < -0.3 is 9.73 Å². The maximum atomic E-state index is 5.87. The van der Waals surface area contributed by atoms with Crippen LogP contribution < -0.4 is 5.32 Å². The van der Waals surface area contributed by atoms with Gasteiger partial charge in [-0.25, -0.2) is 0 Å². The van der Waals surface area contributed by atoms with Crippen LogP contribution in [0.3, 0.4) is 0 Å². The lowest BCUT2D eigenvalue weighted by atomic mass is 10.1. The molecular formula is C20H19N5OS2. The zero-order valence-electron chi connectivity index (χ0n) is 15.7. The van der Waals surface area contributed by atoms with Gasteiger partial charge in [-0.2, -0.15) is 0 Å². The molecule has 28 heavy (non-hydrogen) atoms. The van der Waals surface area contributed by atoms with E-state index in [2.05, 4.69) is 44.8 Å². The second-order valence-electron chi connectivity index (χ2n) is 6.44. The molecule has 8 heteroatoms. The first-order valence-corrected chi connectivity index (χ1v) is 10.5. The zero-order valence-corrected chi connectivity index (χ0v) is 17.3. The highest BCUT2D eigenvalue weighted by Crippen LogP contribution is 2.38. The van der Waals surface area contributed by atoms with Crippen molar-refractivity contribution in [3.05, 3.63) is 65.5 Å². The number of hydrogen-bond donors (Lipinski definition) is 1. The second-order valence-corrected chi connectivity index (χ2v) is 9.01. The van der Waals surface area contributed by atoms with E-state index in [4.69, 9.17) is 4.42 Å². The standard InChI is InChI=1S/C20H19N5OS2/c1-12-6-4-8-15(10-12)18-23-22-17(26-18)14(3)27-20-25-24-19(28-20)21-16-9-5-7-13(2)11-16/h4-11,14H,1-3H3,(H,21,24). The number of nitrogens with zero attached hydrogens (tertiary/aromatic N) is 4. The number of nitrogens with one attached hydrogen (secondary N) is 1. The van der Waals surface area contributed by atoms with Crippen LogP contribution in [0.5, 0.6) is 0 Å². The van der Waals surface area contributed by atoms with Gasteiger partial charge in [0, 0.05) is 11.3 Å². The smallest absolute Gasteiger partial charge is 0.247 e. The third-order valence-corrected chi connectivity index (χ3v) is 6.02. The number of benzene rings is 2. The van der Waals surface area contributed by atoms with Crippen molar-refractivity contribution >= 4 is 33.9 Å². The van der Waals surface area contributed by atoms with Gasteiger partial charge in [-0.05, 0) is 50.6 Å². The van der Waals surface area contributed by atoms with E-state index in [1.807, 2.05) is 50.2 Å².